The number of aryl methyl sites for hydroxylation is 1. The van der Waals surface area contributed by atoms with Gasteiger partial charge >= 0.3 is 0 Å². The van der Waals surface area contributed by atoms with E-state index in [9.17, 15) is 0 Å². The van der Waals surface area contributed by atoms with Crippen LogP contribution in [0.1, 0.15) is 43.0 Å². The first-order valence-electron chi connectivity index (χ1n) is 6.64. The molecule has 0 aliphatic heterocycles. The van der Waals surface area contributed by atoms with E-state index in [0.29, 0.717) is 0 Å². The molecule has 96 valence electrons. The Bertz CT molecular complexity index is 343. The van der Waals surface area contributed by atoms with Gasteiger partial charge in [0, 0.05) is 6.04 Å². The first-order chi connectivity index (χ1) is 8.10. The standard InChI is InChI=1S/C15H26N2/c1-5-17(6-2)11-10-15(16)14-9-7-8-12(3)13(14)4/h7-9,15H,5-6,10-11,16H2,1-4H3. The summed E-state index contributed by atoms with van der Waals surface area (Å²) in [6.45, 7) is 12.0. The summed E-state index contributed by atoms with van der Waals surface area (Å²) < 4.78 is 0. The highest BCUT2D eigenvalue weighted by atomic mass is 15.1. The lowest BCUT2D eigenvalue weighted by Crippen LogP contribution is -2.27. The third-order valence-corrected chi connectivity index (χ3v) is 3.70. The van der Waals surface area contributed by atoms with Crippen molar-refractivity contribution in [3.05, 3.63) is 34.9 Å². The van der Waals surface area contributed by atoms with Crippen LogP contribution in [0.5, 0.6) is 0 Å². The van der Waals surface area contributed by atoms with E-state index in [4.69, 9.17) is 5.73 Å². The van der Waals surface area contributed by atoms with Gasteiger partial charge in [-0.1, -0.05) is 32.0 Å². The summed E-state index contributed by atoms with van der Waals surface area (Å²) in [5.74, 6) is 0. The zero-order chi connectivity index (χ0) is 12.8. The molecule has 0 radical (unpaired) electrons. The SMILES string of the molecule is CCN(CC)CCC(N)c1cccc(C)c1C. The van der Waals surface area contributed by atoms with Crippen molar-refractivity contribution in [2.75, 3.05) is 19.6 Å². The van der Waals surface area contributed by atoms with Gasteiger partial charge in [0.15, 0.2) is 0 Å². The van der Waals surface area contributed by atoms with E-state index in [1.165, 1.54) is 16.7 Å². The van der Waals surface area contributed by atoms with Gasteiger partial charge in [-0.15, -0.1) is 0 Å². The normalized spacial score (nSPS) is 13.1. The van der Waals surface area contributed by atoms with Crippen LogP contribution in [0, 0.1) is 13.8 Å². The van der Waals surface area contributed by atoms with Crippen LogP contribution in [0.3, 0.4) is 0 Å². The molecule has 0 aliphatic rings. The molecule has 17 heavy (non-hydrogen) atoms. The highest BCUT2D eigenvalue weighted by molar-refractivity contribution is 5.35. The fourth-order valence-corrected chi connectivity index (χ4v) is 2.19. The van der Waals surface area contributed by atoms with Gasteiger partial charge in [0.05, 0.1) is 0 Å². The number of hydrogen-bond acceptors (Lipinski definition) is 2. The van der Waals surface area contributed by atoms with Crippen LogP contribution in [0.2, 0.25) is 0 Å². The second-order valence-electron chi connectivity index (χ2n) is 4.71. The summed E-state index contributed by atoms with van der Waals surface area (Å²) in [5.41, 5.74) is 10.3. The van der Waals surface area contributed by atoms with Crippen LogP contribution in [0.4, 0.5) is 0 Å². The fraction of sp³-hybridized carbons (Fsp3) is 0.600. The Balaban J connectivity index is 2.63. The molecule has 0 saturated carbocycles. The molecule has 1 rings (SSSR count). The Hall–Kier alpha value is -0.860. The molecule has 0 saturated heterocycles. The molecule has 2 heteroatoms. The van der Waals surface area contributed by atoms with Crippen LogP contribution >= 0.6 is 0 Å². The number of benzene rings is 1. The second-order valence-corrected chi connectivity index (χ2v) is 4.71. The van der Waals surface area contributed by atoms with Crippen molar-refractivity contribution in [2.24, 2.45) is 5.73 Å². The Morgan fingerprint density at radius 1 is 1.18 bits per heavy atom. The lowest BCUT2D eigenvalue weighted by atomic mass is 9.96. The van der Waals surface area contributed by atoms with Gasteiger partial charge in [0.25, 0.3) is 0 Å². The predicted octanol–water partition coefficient (Wildman–Crippen LogP) is 3.04. The molecule has 1 unspecified atom stereocenters. The van der Waals surface area contributed by atoms with Gasteiger partial charge in [-0.25, -0.2) is 0 Å². The Labute approximate surface area is 106 Å². The molecule has 1 atom stereocenters. The van der Waals surface area contributed by atoms with Gasteiger partial charge in [-0.05, 0) is 56.6 Å². The molecule has 0 aromatic heterocycles. The van der Waals surface area contributed by atoms with Crippen LogP contribution in [-0.2, 0) is 0 Å². The Morgan fingerprint density at radius 2 is 1.82 bits per heavy atom. The number of rotatable bonds is 6. The zero-order valence-electron chi connectivity index (χ0n) is 11.7. The molecule has 2 N–H and O–H groups in total. The first-order valence-corrected chi connectivity index (χ1v) is 6.64. The maximum absolute atomic E-state index is 6.30. The van der Waals surface area contributed by atoms with Crippen molar-refractivity contribution in [3.63, 3.8) is 0 Å². The van der Waals surface area contributed by atoms with E-state index in [0.717, 1.165) is 26.1 Å². The molecule has 1 aromatic rings. The predicted molar refractivity (Wildman–Crippen MR) is 75.2 cm³/mol. The molecule has 0 aliphatic carbocycles. The molecular weight excluding hydrogens is 208 g/mol. The van der Waals surface area contributed by atoms with Gasteiger partial charge in [-0.3, -0.25) is 0 Å². The topological polar surface area (TPSA) is 29.3 Å². The zero-order valence-corrected chi connectivity index (χ0v) is 11.7. The van der Waals surface area contributed by atoms with Gasteiger partial charge in [0.2, 0.25) is 0 Å². The quantitative estimate of drug-likeness (QED) is 0.819. The Morgan fingerprint density at radius 3 is 2.41 bits per heavy atom. The highest BCUT2D eigenvalue weighted by Gasteiger charge is 2.11. The third-order valence-electron chi connectivity index (χ3n) is 3.70. The van der Waals surface area contributed by atoms with Crippen molar-refractivity contribution in [2.45, 2.75) is 40.2 Å². The number of nitrogens with zero attached hydrogens (tertiary/aromatic N) is 1. The largest absolute Gasteiger partial charge is 0.324 e. The minimum absolute atomic E-state index is 0.162. The molecule has 0 heterocycles. The van der Waals surface area contributed by atoms with Crippen molar-refractivity contribution < 1.29 is 0 Å². The second kappa shape index (κ2) is 6.77. The van der Waals surface area contributed by atoms with E-state index >= 15 is 0 Å². The molecule has 0 fully saturated rings. The van der Waals surface area contributed by atoms with Gasteiger partial charge in [-0.2, -0.15) is 0 Å². The van der Waals surface area contributed by atoms with Gasteiger partial charge in [0.1, 0.15) is 0 Å². The summed E-state index contributed by atoms with van der Waals surface area (Å²) in [4.78, 5) is 2.42. The highest BCUT2D eigenvalue weighted by Crippen LogP contribution is 2.21. The molecule has 0 spiro atoms. The third kappa shape index (κ3) is 3.83. The van der Waals surface area contributed by atoms with E-state index < -0.39 is 0 Å². The number of hydrogen-bond donors (Lipinski definition) is 1. The minimum Gasteiger partial charge on any atom is -0.324 e. The molecular formula is C15H26N2. The lowest BCUT2D eigenvalue weighted by Gasteiger charge is -2.22. The molecule has 0 bridgehead atoms. The Kier molecular flexibility index (Phi) is 5.66. The van der Waals surface area contributed by atoms with Crippen molar-refractivity contribution >= 4 is 0 Å². The smallest absolute Gasteiger partial charge is 0.0309 e. The molecule has 1 aromatic carbocycles. The van der Waals surface area contributed by atoms with E-state index in [1.54, 1.807) is 0 Å². The summed E-state index contributed by atoms with van der Waals surface area (Å²) in [6.07, 6.45) is 1.03. The molecule has 0 amide bonds. The average molecular weight is 234 g/mol. The monoisotopic (exact) mass is 234 g/mol. The first kappa shape index (κ1) is 14.2. The average Bonchev–Trinajstić information content (AvgIpc) is 2.33. The summed E-state index contributed by atoms with van der Waals surface area (Å²) >= 11 is 0. The lowest BCUT2D eigenvalue weighted by molar-refractivity contribution is 0.290. The number of nitrogens with two attached hydrogens (primary N) is 1. The van der Waals surface area contributed by atoms with Crippen LogP contribution < -0.4 is 5.73 Å². The van der Waals surface area contributed by atoms with Gasteiger partial charge < -0.3 is 10.6 Å². The van der Waals surface area contributed by atoms with Crippen molar-refractivity contribution in [1.82, 2.24) is 4.90 Å². The summed E-state index contributed by atoms with van der Waals surface area (Å²) in [5, 5.41) is 0. The summed E-state index contributed by atoms with van der Waals surface area (Å²) in [7, 11) is 0. The maximum atomic E-state index is 6.30. The van der Waals surface area contributed by atoms with E-state index in [1.807, 2.05) is 0 Å². The van der Waals surface area contributed by atoms with Crippen molar-refractivity contribution in [1.29, 1.82) is 0 Å². The van der Waals surface area contributed by atoms with Crippen LogP contribution in [-0.4, -0.2) is 24.5 Å². The van der Waals surface area contributed by atoms with Crippen LogP contribution in [0.15, 0.2) is 18.2 Å². The fourth-order valence-electron chi connectivity index (χ4n) is 2.19. The minimum atomic E-state index is 0.162. The van der Waals surface area contributed by atoms with E-state index in [-0.39, 0.29) is 6.04 Å². The molecule has 2 nitrogen and oxygen atoms in total. The van der Waals surface area contributed by atoms with Crippen molar-refractivity contribution in [3.8, 4) is 0 Å². The maximum Gasteiger partial charge on any atom is 0.0309 e. The summed E-state index contributed by atoms with van der Waals surface area (Å²) in [6, 6.07) is 6.58. The van der Waals surface area contributed by atoms with Crippen LogP contribution in [0.25, 0.3) is 0 Å². The van der Waals surface area contributed by atoms with E-state index in [2.05, 4.69) is 50.8 Å².